The maximum Gasteiger partial charge on any atom is 0.310 e. The molecule has 2 rings (SSSR count). The van der Waals surface area contributed by atoms with Gasteiger partial charge in [0.15, 0.2) is 11.2 Å². The summed E-state index contributed by atoms with van der Waals surface area (Å²) in [4.78, 5) is 23.3. The van der Waals surface area contributed by atoms with Crippen LogP contribution in [0.4, 0.5) is 0 Å². The normalized spacial score (nSPS) is 18.8. The highest BCUT2D eigenvalue weighted by Gasteiger charge is 2.36. The van der Waals surface area contributed by atoms with Crippen molar-refractivity contribution in [1.29, 1.82) is 0 Å². The molecule has 0 aromatic rings. The van der Waals surface area contributed by atoms with Crippen molar-refractivity contribution < 1.29 is 19.1 Å². The molecule has 2 aliphatic rings. The predicted octanol–water partition coefficient (Wildman–Crippen LogP) is 2.45. The third-order valence-corrected chi connectivity index (χ3v) is 3.20. The van der Waals surface area contributed by atoms with Gasteiger partial charge in [-0.05, 0) is 53.4 Å². The van der Waals surface area contributed by atoms with Crippen LogP contribution < -0.4 is 0 Å². The van der Waals surface area contributed by atoms with Crippen LogP contribution in [0, 0.1) is 23.7 Å². The van der Waals surface area contributed by atoms with E-state index in [1.165, 1.54) is 0 Å². The Bertz CT molecular complexity index is 428. The van der Waals surface area contributed by atoms with Crippen molar-refractivity contribution in [1.82, 2.24) is 0 Å². The molecule has 0 atom stereocenters. The Morgan fingerprint density at radius 2 is 1.10 bits per heavy atom. The highest BCUT2D eigenvalue weighted by atomic mass is 16.6. The van der Waals surface area contributed by atoms with Crippen LogP contribution in [0.15, 0.2) is 0 Å². The van der Waals surface area contributed by atoms with Gasteiger partial charge in [-0.25, -0.2) is 0 Å². The number of hydrogen-bond donors (Lipinski definition) is 0. The Hall–Kier alpha value is -1.50. The topological polar surface area (TPSA) is 52.6 Å². The monoisotopic (exact) mass is 278 g/mol. The lowest BCUT2D eigenvalue weighted by molar-refractivity contribution is -0.155. The second-order valence-electron chi connectivity index (χ2n) is 6.66. The Morgan fingerprint density at radius 1 is 0.800 bits per heavy atom. The van der Waals surface area contributed by atoms with Crippen molar-refractivity contribution >= 4 is 11.9 Å². The van der Waals surface area contributed by atoms with Crippen LogP contribution in [0.5, 0.6) is 0 Å². The Labute approximate surface area is 120 Å². The van der Waals surface area contributed by atoms with Crippen molar-refractivity contribution in [2.75, 3.05) is 0 Å². The third kappa shape index (κ3) is 4.56. The van der Waals surface area contributed by atoms with E-state index in [4.69, 9.17) is 9.47 Å². The highest BCUT2D eigenvalue weighted by Crippen LogP contribution is 2.32. The van der Waals surface area contributed by atoms with Gasteiger partial charge in [0.1, 0.15) is 0 Å². The molecule has 4 heteroatoms. The number of hydrogen-bond acceptors (Lipinski definition) is 4. The van der Waals surface area contributed by atoms with Gasteiger partial charge in [0.05, 0.1) is 11.8 Å². The summed E-state index contributed by atoms with van der Waals surface area (Å²) in [5.41, 5.74) is -1.72. The van der Waals surface area contributed by atoms with Crippen molar-refractivity contribution in [2.24, 2.45) is 11.8 Å². The van der Waals surface area contributed by atoms with E-state index < -0.39 is 11.2 Å². The van der Waals surface area contributed by atoms with E-state index >= 15 is 0 Å². The molecular weight excluding hydrogens is 256 g/mol. The van der Waals surface area contributed by atoms with Gasteiger partial charge in [0.25, 0.3) is 0 Å². The number of carbonyl (C=O) groups is 2. The van der Waals surface area contributed by atoms with Crippen LogP contribution in [-0.4, -0.2) is 23.1 Å². The van der Waals surface area contributed by atoms with Gasteiger partial charge in [0, 0.05) is 0 Å². The molecule has 0 heterocycles. The molecular formula is C16H22O4. The molecule has 0 aromatic heterocycles. The first-order chi connectivity index (χ1) is 9.19. The first-order valence-electron chi connectivity index (χ1n) is 7.19. The maximum atomic E-state index is 11.6. The van der Waals surface area contributed by atoms with Crippen LogP contribution in [0.2, 0.25) is 0 Å². The molecule has 0 unspecified atom stereocenters. The summed E-state index contributed by atoms with van der Waals surface area (Å²) in [6, 6.07) is 0. The van der Waals surface area contributed by atoms with Crippen LogP contribution in [-0.2, 0) is 19.1 Å². The summed E-state index contributed by atoms with van der Waals surface area (Å²) in [6.07, 6.45) is 3.64. The number of ether oxygens (including phenoxy) is 2. The molecule has 0 radical (unpaired) electrons. The second-order valence-corrected chi connectivity index (χ2v) is 6.66. The fourth-order valence-corrected chi connectivity index (χ4v) is 1.66. The van der Waals surface area contributed by atoms with Gasteiger partial charge in [0.2, 0.25) is 0 Å². The molecule has 2 fully saturated rings. The largest absolute Gasteiger partial charge is 0.446 e. The minimum Gasteiger partial charge on any atom is -0.446 e. The fourth-order valence-electron chi connectivity index (χ4n) is 1.66. The Kier molecular flexibility index (Phi) is 3.82. The van der Waals surface area contributed by atoms with E-state index in [1.807, 2.05) is 0 Å². The molecule has 0 saturated heterocycles. The standard InChI is InChI=1S/C16H22O4/c1-15(2,19-13(17)11-5-6-11)9-10-16(3,4)20-14(18)12-7-8-12/h11-12H,5-8H2,1-4H3. The smallest absolute Gasteiger partial charge is 0.310 e. The number of esters is 2. The van der Waals surface area contributed by atoms with Gasteiger partial charge in [-0.3, -0.25) is 9.59 Å². The molecule has 0 spiro atoms. The Balaban J connectivity index is 1.91. The first-order valence-corrected chi connectivity index (χ1v) is 7.19. The average molecular weight is 278 g/mol. The van der Waals surface area contributed by atoms with Crippen LogP contribution >= 0.6 is 0 Å². The van der Waals surface area contributed by atoms with E-state index in [1.54, 1.807) is 27.7 Å². The lowest BCUT2D eigenvalue weighted by Gasteiger charge is -2.22. The molecule has 0 bridgehead atoms. The van der Waals surface area contributed by atoms with Crippen molar-refractivity contribution in [3.8, 4) is 11.8 Å². The predicted molar refractivity (Wildman–Crippen MR) is 73.6 cm³/mol. The molecule has 0 amide bonds. The summed E-state index contributed by atoms with van der Waals surface area (Å²) in [5, 5.41) is 0. The van der Waals surface area contributed by atoms with Crippen molar-refractivity contribution in [3.05, 3.63) is 0 Å². The van der Waals surface area contributed by atoms with Crippen molar-refractivity contribution in [3.63, 3.8) is 0 Å². The molecule has 110 valence electrons. The molecule has 2 aliphatic carbocycles. The van der Waals surface area contributed by atoms with E-state index in [0.717, 1.165) is 25.7 Å². The van der Waals surface area contributed by atoms with Gasteiger partial charge in [-0.2, -0.15) is 0 Å². The minimum absolute atomic E-state index is 0.0526. The summed E-state index contributed by atoms with van der Waals surface area (Å²) in [5.74, 6) is 5.55. The zero-order valence-electron chi connectivity index (χ0n) is 12.6. The summed E-state index contributed by atoms with van der Waals surface area (Å²) in [6.45, 7) is 7.00. The zero-order valence-corrected chi connectivity index (χ0v) is 12.6. The summed E-state index contributed by atoms with van der Waals surface area (Å²) in [7, 11) is 0. The molecule has 0 aromatic carbocycles. The minimum atomic E-state index is -0.858. The summed E-state index contributed by atoms with van der Waals surface area (Å²) >= 11 is 0. The fraction of sp³-hybridized carbons (Fsp3) is 0.750. The van der Waals surface area contributed by atoms with E-state index in [0.29, 0.717) is 0 Å². The molecule has 2 saturated carbocycles. The second kappa shape index (κ2) is 5.12. The highest BCUT2D eigenvalue weighted by molar-refractivity contribution is 5.76. The maximum absolute atomic E-state index is 11.6. The van der Waals surface area contributed by atoms with Gasteiger partial charge in [-0.1, -0.05) is 11.8 Å². The zero-order chi connectivity index (χ0) is 15.0. The molecule has 20 heavy (non-hydrogen) atoms. The number of carbonyl (C=O) groups excluding carboxylic acids is 2. The van der Waals surface area contributed by atoms with E-state index in [-0.39, 0.29) is 23.8 Å². The first kappa shape index (κ1) is 14.9. The average Bonchev–Trinajstić information content (AvgIpc) is 3.17. The summed E-state index contributed by atoms with van der Waals surface area (Å²) < 4.78 is 10.7. The van der Waals surface area contributed by atoms with Crippen molar-refractivity contribution in [2.45, 2.75) is 64.6 Å². The van der Waals surface area contributed by atoms with Crippen LogP contribution in [0.1, 0.15) is 53.4 Å². The quantitative estimate of drug-likeness (QED) is 0.585. The Morgan fingerprint density at radius 3 is 1.35 bits per heavy atom. The molecule has 0 aliphatic heterocycles. The van der Waals surface area contributed by atoms with E-state index in [9.17, 15) is 9.59 Å². The van der Waals surface area contributed by atoms with E-state index in [2.05, 4.69) is 11.8 Å². The molecule has 4 nitrogen and oxygen atoms in total. The van der Waals surface area contributed by atoms with Crippen LogP contribution in [0.3, 0.4) is 0 Å². The third-order valence-electron chi connectivity index (χ3n) is 3.20. The lowest BCUT2D eigenvalue weighted by Crippen LogP contribution is -2.30. The molecule has 0 N–H and O–H groups in total. The van der Waals surface area contributed by atoms with Gasteiger partial charge in [-0.15, -0.1) is 0 Å². The SMILES string of the molecule is CC(C)(C#CC(C)(C)OC(=O)C1CC1)OC(=O)C1CC1. The van der Waals surface area contributed by atoms with Crippen LogP contribution in [0.25, 0.3) is 0 Å². The lowest BCUT2D eigenvalue weighted by atomic mass is 10.1. The number of rotatable bonds is 4. The van der Waals surface area contributed by atoms with Gasteiger partial charge >= 0.3 is 11.9 Å². The van der Waals surface area contributed by atoms with Gasteiger partial charge < -0.3 is 9.47 Å².